The smallest absolute Gasteiger partial charge is 0.333 e. The quantitative estimate of drug-likeness (QED) is 0.491. The first-order valence-electron chi connectivity index (χ1n) is 14.1. The second-order valence-electron chi connectivity index (χ2n) is 13.1. The number of hydrogen-bond acceptors (Lipinski definition) is 7. The van der Waals surface area contributed by atoms with E-state index in [4.69, 9.17) is 4.84 Å². The van der Waals surface area contributed by atoms with E-state index in [1.165, 1.54) is 0 Å². The molecule has 8 heteroatoms. The predicted octanol–water partition coefficient (Wildman–Crippen LogP) is 2.97. The van der Waals surface area contributed by atoms with E-state index < -0.39 is 30.0 Å². The number of hydroxylamine groups is 2. The summed E-state index contributed by atoms with van der Waals surface area (Å²) in [6.45, 7) is 6.64. The molecular weight excluding hydrogens is 462 g/mol. The van der Waals surface area contributed by atoms with Gasteiger partial charge in [-0.3, -0.25) is 9.59 Å². The van der Waals surface area contributed by atoms with Gasteiger partial charge in [-0.15, -0.1) is 5.06 Å². The Hall–Kier alpha value is -1.51. The van der Waals surface area contributed by atoms with Crippen LogP contribution < -0.4 is 0 Å². The van der Waals surface area contributed by atoms with Crippen LogP contribution in [0.15, 0.2) is 0 Å². The molecular formula is C28H43NO7. The molecule has 1 aliphatic heterocycles. The second-order valence-corrected chi connectivity index (χ2v) is 13.1. The van der Waals surface area contributed by atoms with E-state index in [0.717, 1.165) is 38.5 Å². The fraction of sp³-hybridized carbons (Fsp3) is 0.893. The summed E-state index contributed by atoms with van der Waals surface area (Å²) in [6, 6.07) is 0. The minimum absolute atomic E-state index is 0.0450. The highest BCUT2D eigenvalue weighted by molar-refractivity contribution is 6.01. The van der Waals surface area contributed by atoms with Crippen LogP contribution in [0.25, 0.3) is 0 Å². The van der Waals surface area contributed by atoms with Gasteiger partial charge in [-0.25, -0.2) is 4.79 Å². The fourth-order valence-corrected chi connectivity index (χ4v) is 9.48. The van der Waals surface area contributed by atoms with Gasteiger partial charge >= 0.3 is 5.97 Å². The Kier molecular flexibility index (Phi) is 6.78. The number of aliphatic hydroxyl groups excluding tert-OH is 3. The van der Waals surface area contributed by atoms with Gasteiger partial charge in [0.2, 0.25) is 0 Å². The van der Waals surface area contributed by atoms with Crippen molar-refractivity contribution in [2.24, 2.45) is 46.3 Å². The summed E-state index contributed by atoms with van der Waals surface area (Å²) in [6.07, 6.45) is 5.50. The normalized spacial score (nSPS) is 47.2. The molecule has 5 fully saturated rings. The van der Waals surface area contributed by atoms with Gasteiger partial charge in [0.25, 0.3) is 11.8 Å². The molecule has 36 heavy (non-hydrogen) atoms. The summed E-state index contributed by atoms with van der Waals surface area (Å²) < 4.78 is 0. The lowest BCUT2D eigenvalue weighted by Gasteiger charge is -2.63. The number of carbonyl (C=O) groups excluding carboxylic acids is 3. The molecule has 5 aliphatic rings. The Bertz CT molecular complexity index is 892. The summed E-state index contributed by atoms with van der Waals surface area (Å²) in [5, 5.41) is 33.9. The third-order valence-corrected chi connectivity index (χ3v) is 11.5. The molecule has 0 spiro atoms. The zero-order chi connectivity index (χ0) is 26.0. The number of carbonyl (C=O) groups is 3. The van der Waals surface area contributed by atoms with Gasteiger partial charge < -0.3 is 20.2 Å². The van der Waals surface area contributed by atoms with E-state index in [2.05, 4.69) is 20.8 Å². The van der Waals surface area contributed by atoms with Crippen LogP contribution >= 0.6 is 0 Å². The highest BCUT2D eigenvalue weighted by atomic mass is 16.7. The number of hydrogen-bond donors (Lipinski definition) is 3. The maximum atomic E-state index is 12.4. The second kappa shape index (κ2) is 9.35. The van der Waals surface area contributed by atoms with E-state index in [9.17, 15) is 29.7 Å². The molecule has 1 saturated heterocycles. The molecule has 0 aromatic carbocycles. The average molecular weight is 506 g/mol. The molecule has 4 aliphatic carbocycles. The van der Waals surface area contributed by atoms with Crippen LogP contribution in [0.1, 0.15) is 91.4 Å². The number of amides is 2. The van der Waals surface area contributed by atoms with Gasteiger partial charge in [0.1, 0.15) is 0 Å². The molecule has 1 heterocycles. The van der Waals surface area contributed by atoms with Crippen LogP contribution in [0.5, 0.6) is 0 Å². The van der Waals surface area contributed by atoms with Crippen LogP contribution in [-0.2, 0) is 19.2 Å². The van der Waals surface area contributed by atoms with Gasteiger partial charge in [0.15, 0.2) is 0 Å². The first-order valence-corrected chi connectivity index (χ1v) is 14.1. The molecule has 2 amide bonds. The molecule has 5 unspecified atom stereocenters. The van der Waals surface area contributed by atoms with Crippen molar-refractivity contribution in [1.29, 1.82) is 0 Å². The monoisotopic (exact) mass is 505 g/mol. The highest BCUT2D eigenvalue weighted by Gasteiger charge is 2.65. The van der Waals surface area contributed by atoms with Crippen molar-refractivity contribution < 1.29 is 34.5 Å². The average Bonchev–Trinajstić information content (AvgIpc) is 3.34. The largest absolute Gasteiger partial charge is 0.393 e. The van der Waals surface area contributed by atoms with E-state index in [0.29, 0.717) is 23.8 Å². The Balaban J connectivity index is 1.27. The van der Waals surface area contributed by atoms with Crippen molar-refractivity contribution in [3.8, 4) is 0 Å². The Labute approximate surface area is 213 Å². The lowest BCUT2D eigenvalue weighted by Crippen LogP contribution is -2.62. The Morgan fingerprint density at radius 3 is 2.42 bits per heavy atom. The number of fused-ring (bicyclic) bond motifs is 5. The van der Waals surface area contributed by atoms with Crippen LogP contribution in [0, 0.1) is 46.3 Å². The van der Waals surface area contributed by atoms with Crippen molar-refractivity contribution in [2.75, 3.05) is 0 Å². The van der Waals surface area contributed by atoms with Gasteiger partial charge in [-0.2, -0.15) is 0 Å². The predicted molar refractivity (Wildman–Crippen MR) is 130 cm³/mol. The molecule has 11 atom stereocenters. The number of rotatable bonds is 5. The lowest BCUT2D eigenvalue weighted by atomic mass is 9.43. The Morgan fingerprint density at radius 1 is 1.03 bits per heavy atom. The zero-order valence-corrected chi connectivity index (χ0v) is 21.9. The first kappa shape index (κ1) is 26.1. The van der Waals surface area contributed by atoms with Crippen LogP contribution in [0.4, 0.5) is 0 Å². The lowest BCUT2D eigenvalue weighted by molar-refractivity contribution is -0.207. The van der Waals surface area contributed by atoms with Crippen LogP contribution in [0.2, 0.25) is 0 Å². The van der Waals surface area contributed by atoms with E-state index in [1.807, 2.05) is 0 Å². The molecule has 0 radical (unpaired) electrons. The Morgan fingerprint density at radius 2 is 1.72 bits per heavy atom. The molecule has 4 saturated carbocycles. The topological polar surface area (TPSA) is 124 Å². The molecule has 0 bridgehead atoms. The third-order valence-electron chi connectivity index (χ3n) is 11.5. The van der Waals surface area contributed by atoms with Gasteiger partial charge in [0.05, 0.1) is 18.3 Å². The van der Waals surface area contributed by atoms with Crippen molar-refractivity contribution in [3.05, 3.63) is 0 Å². The van der Waals surface area contributed by atoms with E-state index in [1.54, 1.807) is 0 Å². The maximum absolute atomic E-state index is 12.4. The summed E-state index contributed by atoms with van der Waals surface area (Å²) in [5.74, 6) is -0.213. The standard InChI is InChI=1S/C28H43NO7/c1-15(4-9-25(35)36-29-23(33)7-8-24(29)34)18-5-6-19-26-20(14-22(32)28(18,19)3)27(2)11-10-17(30)12-16(27)13-21(26)31/h15-22,26,30-32H,4-14H2,1-3H3/t15-,16+,17-,18?,19+,20?,21?,22-,26-,27?,28?/m1/s1. The van der Waals surface area contributed by atoms with Crippen molar-refractivity contribution in [2.45, 2.75) is 110 Å². The minimum Gasteiger partial charge on any atom is -0.393 e. The SMILES string of the molecule is C[C@H](CCC(=O)ON1C(=O)CCC1=O)C1CC[C@H]2[C@H]3C(O)C[C@@H]4C[C@H](O)CCC4(C)C3C[C@@H](O)C12C. The zero-order valence-electron chi connectivity index (χ0n) is 21.9. The summed E-state index contributed by atoms with van der Waals surface area (Å²) in [4.78, 5) is 40.9. The minimum atomic E-state index is -0.574. The molecule has 202 valence electrons. The van der Waals surface area contributed by atoms with Crippen molar-refractivity contribution in [3.63, 3.8) is 0 Å². The summed E-state index contributed by atoms with van der Waals surface area (Å²) in [5.41, 5.74) is -0.285. The fourth-order valence-electron chi connectivity index (χ4n) is 9.48. The molecule has 5 rings (SSSR count). The van der Waals surface area contributed by atoms with Crippen LogP contribution in [0.3, 0.4) is 0 Å². The number of aliphatic hydroxyl groups is 3. The van der Waals surface area contributed by atoms with Gasteiger partial charge in [-0.05, 0) is 97.7 Å². The molecule has 0 aromatic heterocycles. The third kappa shape index (κ3) is 4.02. The van der Waals surface area contributed by atoms with E-state index in [-0.39, 0.29) is 65.8 Å². The number of nitrogens with zero attached hydrogens (tertiary/aromatic N) is 1. The summed E-state index contributed by atoms with van der Waals surface area (Å²) >= 11 is 0. The number of imide groups is 1. The van der Waals surface area contributed by atoms with Crippen molar-refractivity contribution in [1.82, 2.24) is 5.06 Å². The van der Waals surface area contributed by atoms with Gasteiger partial charge in [-0.1, -0.05) is 20.8 Å². The maximum Gasteiger partial charge on any atom is 0.333 e. The first-order chi connectivity index (χ1) is 17.0. The van der Waals surface area contributed by atoms with Crippen molar-refractivity contribution >= 4 is 17.8 Å². The molecule has 0 aromatic rings. The summed E-state index contributed by atoms with van der Waals surface area (Å²) in [7, 11) is 0. The highest BCUT2D eigenvalue weighted by Crippen LogP contribution is 2.68. The van der Waals surface area contributed by atoms with E-state index >= 15 is 0 Å². The van der Waals surface area contributed by atoms with Gasteiger partial charge in [0, 0.05) is 19.3 Å². The molecule has 8 nitrogen and oxygen atoms in total. The van der Waals surface area contributed by atoms with Crippen LogP contribution in [-0.4, -0.2) is 56.5 Å². The molecule has 3 N–H and O–H groups in total.